The minimum absolute atomic E-state index is 0.112. The van der Waals surface area contributed by atoms with Crippen LogP contribution in [0.2, 0.25) is 0 Å². The molecule has 0 spiro atoms. The van der Waals surface area contributed by atoms with E-state index in [-0.39, 0.29) is 12.1 Å². The minimum Gasteiger partial charge on any atom is -0.465 e. The molecule has 0 aliphatic rings. The number of aliphatic hydroxyl groups is 1. The summed E-state index contributed by atoms with van der Waals surface area (Å²) < 4.78 is 11.2. The van der Waals surface area contributed by atoms with Crippen LogP contribution in [0.5, 0.6) is 0 Å². The van der Waals surface area contributed by atoms with Gasteiger partial charge in [-0.1, -0.05) is 16.9 Å². The van der Waals surface area contributed by atoms with Crippen molar-refractivity contribution in [2.24, 2.45) is 0 Å². The van der Waals surface area contributed by atoms with Crippen LogP contribution in [0.1, 0.15) is 28.7 Å². The number of esters is 1. The van der Waals surface area contributed by atoms with E-state index in [0.717, 1.165) is 5.69 Å². The lowest BCUT2D eigenvalue weighted by Gasteiger charge is -2.14. The molecular weight excluding hydrogens is 370 g/mol. The summed E-state index contributed by atoms with van der Waals surface area (Å²) in [5, 5.41) is 14.5. The molecule has 0 unspecified atom stereocenters. The lowest BCUT2D eigenvalue weighted by molar-refractivity contribution is 0.0601. The number of nitrogens with zero attached hydrogens (tertiary/aromatic N) is 3. The molecule has 0 amide bonds. The highest BCUT2D eigenvalue weighted by molar-refractivity contribution is 7.98. The Morgan fingerprint density at radius 2 is 2.19 bits per heavy atom. The summed E-state index contributed by atoms with van der Waals surface area (Å²) >= 11 is 1.31. The first-order chi connectivity index (χ1) is 12.9. The standard InChI is InChI=1S/C18H19N3O5S/c1-10(22)8-21-16(23)14-5-4-12(17(24)25-3)7-15(14)19-18(21)27-9-13-6-11(2)26-20-13/h4-7,10,22H,8-9H2,1-3H3/t10-/m1/s1. The molecule has 142 valence electrons. The highest BCUT2D eigenvalue weighted by Gasteiger charge is 2.16. The van der Waals surface area contributed by atoms with E-state index in [4.69, 9.17) is 9.26 Å². The van der Waals surface area contributed by atoms with Crippen LogP contribution in [0.4, 0.5) is 0 Å². The second-order valence-electron chi connectivity index (χ2n) is 6.10. The Balaban J connectivity index is 2.06. The van der Waals surface area contributed by atoms with Crippen LogP contribution in [-0.2, 0) is 17.0 Å². The first-order valence-electron chi connectivity index (χ1n) is 8.25. The van der Waals surface area contributed by atoms with Gasteiger partial charge in [-0.05, 0) is 32.0 Å². The molecule has 0 radical (unpaired) electrons. The summed E-state index contributed by atoms with van der Waals surface area (Å²) in [6, 6.07) is 6.40. The molecule has 8 nitrogen and oxygen atoms in total. The lowest BCUT2D eigenvalue weighted by Crippen LogP contribution is -2.28. The number of fused-ring (bicyclic) bond motifs is 1. The highest BCUT2D eigenvalue weighted by Crippen LogP contribution is 2.23. The van der Waals surface area contributed by atoms with Crippen LogP contribution in [-0.4, -0.2) is 39.0 Å². The number of aryl methyl sites for hydroxylation is 1. The Morgan fingerprint density at radius 3 is 2.81 bits per heavy atom. The predicted octanol–water partition coefficient (Wildman–Crippen LogP) is 2.15. The van der Waals surface area contributed by atoms with Gasteiger partial charge in [0.2, 0.25) is 0 Å². The van der Waals surface area contributed by atoms with Crippen molar-refractivity contribution in [2.45, 2.75) is 37.4 Å². The van der Waals surface area contributed by atoms with E-state index >= 15 is 0 Å². The zero-order chi connectivity index (χ0) is 19.6. The number of hydrogen-bond acceptors (Lipinski definition) is 8. The van der Waals surface area contributed by atoms with Crippen molar-refractivity contribution in [1.29, 1.82) is 0 Å². The molecular formula is C18H19N3O5S. The number of benzene rings is 1. The fourth-order valence-corrected chi connectivity index (χ4v) is 3.49. The predicted molar refractivity (Wildman–Crippen MR) is 99.8 cm³/mol. The molecule has 2 heterocycles. The molecule has 0 aliphatic heterocycles. The van der Waals surface area contributed by atoms with Gasteiger partial charge in [0.1, 0.15) is 5.76 Å². The maximum absolute atomic E-state index is 12.9. The van der Waals surface area contributed by atoms with Gasteiger partial charge in [-0.2, -0.15) is 0 Å². The Kier molecular flexibility index (Phi) is 5.62. The van der Waals surface area contributed by atoms with Crippen LogP contribution >= 0.6 is 11.8 Å². The van der Waals surface area contributed by atoms with Crippen molar-refractivity contribution < 1.29 is 19.2 Å². The van der Waals surface area contributed by atoms with Gasteiger partial charge in [0.15, 0.2) is 5.16 Å². The number of hydrogen-bond donors (Lipinski definition) is 1. The second-order valence-corrected chi connectivity index (χ2v) is 7.04. The van der Waals surface area contributed by atoms with Crippen molar-refractivity contribution in [3.8, 4) is 0 Å². The molecule has 3 aromatic rings. The average Bonchev–Trinajstić information content (AvgIpc) is 3.06. The largest absolute Gasteiger partial charge is 0.465 e. The van der Waals surface area contributed by atoms with E-state index in [0.29, 0.717) is 33.1 Å². The molecule has 1 aromatic carbocycles. The maximum atomic E-state index is 12.9. The molecule has 3 rings (SSSR count). The first kappa shape index (κ1) is 19.1. The maximum Gasteiger partial charge on any atom is 0.337 e. The molecule has 1 atom stereocenters. The highest BCUT2D eigenvalue weighted by atomic mass is 32.2. The third-order valence-corrected chi connectivity index (χ3v) is 4.82. The number of carbonyl (C=O) groups is 1. The molecule has 0 saturated carbocycles. The zero-order valence-corrected chi connectivity index (χ0v) is 15.9. The zero-order valence-electron chi connectivity index (χ0n) is 15.1. The summed E-state index contributed by atoms with van der Waals surface area (Å²) in [7, 11) is 1.29. The van der Waals surface area contributed by atoms with Gasteiger partial charge in [-0.3, -0.25) is 9.36 Å². The Morgan fingerprint density at radius 1 is 1.41 bits per heavy atom. The van der Waals surface area contributed by atoms with Gasteiger partial charge < -0.3 is 14.4 Å². The monoisotopic (exact) mass is 389 g/mol. The van der Waals surface area contributed by atoms with E-state index in [1.807, 2.05) is 0 Å². The van der Waals surface area contributed by atoms with Crippen LogP contribution in [0.15, 0.2) is 38.7 Å². The summed E-state index contributed by atoms with van der Waals surface area (Å²) in [6.07, 6.45) is -0.718. The number of ether oxygens (including phenoxy) is 1. The van der Waals surface area contributed by atoms with Crippen LogP contribution < -0.4 is 5.56 Å². The number of rotatable bonds is 6. The third-order valence-electron chi connectivity index (χ3n) is 3.81. The van der Waals surface area contributed by atoms with E-state index in [1.165, 1.54) is 35.6 Å². The fraction of sp³-hybridized carbons (Fsp3) is 0.333. The van der Waals surface area contributed by atoms with Crippen molar-refractivity contribution >= 4 is 28.6 Å². The SMILES string of the molecule is COC(=O)c1ccc2c(=O)n(C[C@@H](C)O)c(SCc3cc(C)on3)nc2c1. The number of aliphatic hydroxyl groups excluding tert-OH is 1. The number of methoxy groups -OCH3 is 1. The van der Waals surface area contributed by atoms with Crippen molar-refractivity contribution in [1.82, 2.24) is 14.7 Å². The molecule has 0 fully saturated rings. The third kappa shape index (κ3) is 4.20. The second kappa shape index (κ2) is 7.93. The normalized spacial score (nSPS) is 12.3. The van der Waals surface area contributed by atoms with Gasteiger partial charge in [-0.25, -0.2) is 9.78 Å². The lowest BCUT2D eigenvalue weighted by atomic mass is 10.1. The molecule has 2 aromatic heterocycles. The Labute approximate surface area is 159 Å². The van der Waals surface area contributed by atoms with E-state index in [9.17, 15) is 14.7 Å². The summed E-state index contributed by atoms with van der Waals surface area (Å²) in [4.78, 5) is 29.2. The van der Waals surface area contributed by atoms with E-state index in [2.05, 4.69) is 10.1 Å². The summed E-state index contributed by atoms with van der Waals surface area (Å²) in [5.41, 5.74) is 1.15. The number of aromatic nitrogens is 3. The van der Waals surface area contributed by atoms with Gasteiger partial charge >= 0.3 is 5.97 Å². The van der Waals surface area contributed by atoms with Gasteiger partial charge in [0.25, 0.3) is 5.56 Å². The quantitative estimate of drug-likeness (QED) is 0.388. The van der Waals surface area contributed by atoms with Crippen LogP contribution in [0, 0.1) is 6.92 Å². The average molecular weight is 389 g/mol. The summed E-state index contributed by atoms with van der Waals surface area (Å²) in [6.45, 7) is 3.51. The number of thioether (sulfide) groups is 1. The Bertz CT molecular complexity index is 1040. The van der Waals surface area contributed by atoms with Crippen LogP contribution in [0.3, 0.4) is 0 Å². The molecule has 0 aliphatic carbocycles. The Hall–Kier alpha value is -2.65. The van der Waals surface area contributed by atoms with Gasteiger partial charge in [0, 0.05) is 11.8 Å². The number of carbonyl (C=O) groups excluding carboxylic acids is 1. The van der Waals surface area contributed by atoms with Crippen LogP contribution in [0.25, 0.3) is 10.9 Å². The molecule has 1 N–H and O–H groups in total. The first-order valence-corrected chi connectivity index (χ1v) is 9.23. The van der Waals surface area contributed by atoms with Crippen molar-refractivity contribution in [3.63, 3.8) is 0 Å². The molecule has 0 saturated heterocycles. The molecule has 0 bridgehead atoms. The van der Waals surface area contributed by atoms with E-state index < -0.39 is 12.1 Å². The summed E-state index contributed by atoms with van der Waals surface area (Å²) in [5.74, 6) is 0.645. The minimum atomic E-state index is -0.718. The van der Waals surface area contributed by atoms with Gasteiger partial charge in [0.05, 0.1) is 41.9 Å². The molecule has 27 heavy (non-hydrogen) atoms. The van der Waals surface area contributed by atoms with Gasteiger partial charge in [-0.15, -0.1) is 0 Å². The fourth-order valence-electron chi connectivity index (χ4n) is 2.61. The topological polar surface area (TPSA) is 107 Å². The van der Waals surface area contributed by atoms with Crippen molar-refractivity contribution in [3.05, 3.63) is 51.6 Å². The van der Waals surface area contributed by atoms with E-state index in [1.54, 1.807) is 26.0 Å². The molecule has 9 heteroatoms. The van der Waals surface area contributed by atoms with Crippen molar-refractivity contribution in [2.75, 3.05) is 7.11 Å². The smallest absolute Gasteiger partial charge is 0.337 e.